The van der Waals surface area contributed by atoms with Crippen LogP contribution >= 0.6 is 0 Å². The Morgan fingerprint density at radius 1 is 1.53 bits per heavy atom. The predicted molar refractivity (Wildman–Crippen MR) is 66.5 cm³/mol. The molecule has 106 valence electrons. The molecule has 8 heteroatoms. The molecule has 0 aromatic carbocycles. The molecule has 0 fully saturated rings. The van der Waals surface area contributed by atoms with Crippen molar-refractivity contribution in [3.63, 3.8) is 0 Å². The Morgan fingerprint density at radius 3 is 2.89 bits per heavy atom. The van der Waals surface area contributed by atoms with Crippen LogP contribution in [0.25, 0.3) is 0 Å². The van der Waals surface area contributed by atoms with E-state index in [0.29, 0.717) is 13.2 Å². The largest absolute Gasteiger partial charge is 0.481 e. The number of hydrogen-bond acceptors (Lipinski definition) is 4. The van der Waals surface area contributed by atoms with E-state index in [-0.39, 0.29) is 19.0 Å². The highest BCUT2D eigenvalue weighted by atomic mass is 16.5. The van der Waals surface area contributed by atoms with E-state index < -0.39 is 12.1 Å². The van der Waals surface area contributed by atoms with Gasteiger partial charge in [0.25, 0.3) is 0 Å². The fraction of sp³-hybridized carbons (Fsp3) is 0.545. The number of nitrogens with one attached hydrogen (secondary N) is 3. The molecule has 0 aliphatic rings. The lowest BCUT2D eigenvalue weighted by atomic mass is 10.2. The van der Waals surface area contributed by atoms with Gasteiger partial charge in [-0.1, -0.05) is 0 Å². The van der Waals surface area contributed by atoms with Crippen molar-refractivity contribution in [1.82, 2.24) is 20.6 Å². The average molecular weight is 270 g/mol. The Morgan fingerprint density at radius 2 is 2.32 bits per heavy atom. The van der Waals surface area contributed by atoms with Gasteiger partial charge in [0, 0.05) is 19.3 Å². The molecule has 1 rings (SSSR count). The van der Waals surface area contributed by atoms with Crippen molar-refractivity contribution < 1.29 is 19.4 Å². The van der Waals surface area contributed by atoms with Crippen LogP contribution in [0.2, 0.25) is 0 Å². The molecule has 0 spiro atoms. The number of aromatic amines is 1. The van der Waals surface area contributed by atoms with Crippen molar-refractivity contribution in [2.45, 2.75) is 26.0 Å². The van der Waals surface area contributed by atoms with Crippen LogP contribution in [0.1, 0.15) is 19.0 Å². The first-order valence-electron chi connectivity index (χ1n) is 5.94. The van der Waals surface area contributed by atoms with E-state index in [4.69, 9.17) is 9.84 Å². The third-order valence-electron chi connectivity index (χ3n) is 2.29. The molecule has 8 nitrogen and oxygen atoms in total. The van der Waals surface area contributed by atoms with Crippen LogP contribution in [0, 0.1) is 0 Å². The zero-order valence-electron chi connectivity index (χ0n) is 10.7. The fourth-order valence-electron chi connectivity index (χ4n) is 1.45. The summed E-state index contributed by atoms with van der Waals surface area (Å²) in [5, 5.41) is 13.9. The maximum atomic E-state index is 11.5. The Bertz CT molecular complexity index is 393. The van der Waals surface area contributed by atoms with E-state index in [1.54, 1.807) is 13.1 Å². The molecule has 0 bridgehead atoms. The number of carbonyl (C=O) groups excluding carboxylic acids is 1. The van der Waals surface area contributed by atoms with Gasteiger partial charge in [0.05, 0.1) is 31.1 Å². The molecule has 4 N–H and O–H groups in total. The monoisotopic (exact) mass is 270 g/mol. The average Bonchev–Trinajstić information content (AvgIpc) is 2.86. The van der Waals surface area contributed by atoms with E-state index in [9.17, 15) is 9.59 Å². The number of ether oxygens (including phenoxy) is 1. The molecule has 1 aromatic heterocycles. The van der Waals surface area contributed by atoms with Gasteiger partial charge in [-0.3, -0.25) is 4.79 Å². The van der Waals surface area contributed by atoms with Crippen molar-refractivity contribution in [2.75, 3.05) is 13.2 Å². The SMILES string of the molecule is CCOC(CNC(=O)NCc1cnc[nH]1)CC(=O)O. The number of rotatable bonds is 8. The van der Waals surface area contributed by atoms with Crippen LogP contribution in [0.5, 0.6) is 0 Å². The van der Waals surface area contributed by atoms with Crippen LogP contribution < -0.4 is 10.6 Å². The number of carbonyl (C=O) groups is 2. The van der Waals surface area contributed by atoms with E-state index in [0.717, 1.165) is 5.69 Å². The topological polar surface area (TPSA) is 116 Å². The lowest BCUT2D eigenvalue weighted by Gasteiger charge is -2.15. The second-order valence-electron chi connectivity index (χ2n) is 3.82. The number of nitrogens with zero attached hydrogens (tertiary/aromatic N) is 1. The predicted octanol–water partition coefficient (Wildman–Crippen LogP) is 0.0887. The zero-order valence-corrected chi connectivity index (χ0v) is 10.7. The summed E-state index contributed by atoms with van der Waals surface area (Å²) in [6, 6.07) is -0.385. The minimum atomic E-state index is -0.960. The first-order chi connectivity index (χ1) is 9.11. The number of hydrogen-bond donors (Lipinski definition) is 4. The van der Waals surface area contributed by atoms with Crippen LogP contribution in [0.4, 0.5) is 4.79 Å². The van der Waals surface area contributed by atoms with Crippen molar-refractivity contribution in [2.24, 2.45) is 0 Å². The fourth-order valence-corrected chi connectivity index (χ4v) is 1.45. The van der Waals surface area contributed by atoms with Crippen molar-refractivity contribution in [3.8, 4) is 0 Å². The molecule has 0 saturated carbocycles. The summed E-state index contributed by atoms with van der Waals surface area (Å²) in [6.07, 6.45) is 2.45. The highest BCUT2D eigenvalue weighted by Gasteiger charge is 2.14. The Balaban J connectivity index is 2.24. The summed E-state index contributed by atoms with van der Waals surface area (Å²) < 4.78 is 5.21. The maximum Gasteiger partial charge on any atom is 0.315 e. The van der Waals surface area contributed by atoms with E-state index in [1.165, 1.54) is 6.33 Å². The van der Waals surface area contributed by atoms with Gasteiger partial charge in [-0.25, -0.2) is 9.78 Å². The van der Waals surface area contributed by atoms with E-state index in [2.05, 4.69) is 20.6 Å². The first kappa shape index (κ1) is 15.0. The number of aromatic nitrogens is 2. The summed E-state index contributed by atoms with van der Waals surface area (Å²) >= 11 is 0. The van der Waals surface area contributed by atoms with Gasteiger partial charge in [-0.05, 0) is 6.92 Å². The smallest absolute Gasteiger partial charge is 0.315 e. The third kappa shape index (κ3) is 6.41. The molecule has 1 aromatic rings. The molecule has 0 saturated heterocycles. The lowest BCUT2D eigenvalue weighted by molar-refractivity contribution is -0.140. The molecular weight excluding hydrogens is 252 g/mol. The van der Waals surface area contributed by atoms with Gasteiger partial charge in [-0.2, -0.15) is 0 Å². The minimum Gasteiger partial charge on any atom is -0.481 e. The number of amides is 2. The molecule has 1 unspecified atom stereocenters. The summed E-state index contributed by atoms with van der Waals surface area (Å²) in [5.74, 6) is -0.960. The van der Waals surface area contributed by atoms with Gasteiger partial charge < -0.3 is 25.5 Å². The summed E-state index contributed by atoms with van der Waals surface area (Å²) in [6.45, 7) is 2.64. The molecule has 1 heterocycles. The van der Waals surface area contributed by atoms with Gasteiger partial charge >= 0.3 is 12.0 Å². The number of H-pyrrole nitrogens is 1. The van der Waals surface area contributed by atoms with Crippen molar-refractivity contribution in [1.29, 1.82) is 0 Å². The Hall–Kier alpha value is -2.09. The molecule has 0 radical (unpaired) electrons. The maximum absolute atomic E-state index is 11.5. The standard InChI is InChI=1S/C11H18N4O4/c1-2-19-9(3-10(16)17)6-14-11(18)13-5-8-4-12-7-15-8/h4,7,9H,2-3,5-6H2,1H3,(H,12,15)(H,16,17)(H2,13,14,18). The van der Waals surface area contributed by atoms with E-state index in [1.807, 2.05) is 0 Å². The Kier molecular flexibility index (Phi) is 6.37. The highest BCUT2D eigenvalue weighted by molar-refractivity contribution is 5.74. The number of carboxylic acids is 1. The molecule has 19 heavy (non-hydrogen) atoms. The van der Waals surface area contributed by atoms with Gasteiger partial charge in [0.2, 0.25) is 0 Å². The molecular formula is C11H18N4O4. The molecule has 0 aliphatic carbocycles. The van der Waals surface area contributed by atoms with Crippen LogP contribution in [0.3, 0.4) is 0 Å². The van der Waals surface area contributed by atoms with E-state index >= 15 is 0 Å². The molecule has 0 aliphatic heterocycles. The normalized spacial score (nSPS) is 11.8. The third-order valence-corrected chi connectivity index (χ3v) is 2.29. The van der Waals surface area contributed by atoms with Crippen LogP contribution in [0.15, 0.2) is 12.5 Å². The van der Waals surface area contributed by atoms with Gasteiger partial charge in [0.1, 0.15) is 0 Å². The minimum absolute atomic E-state index is 0.144. The number of aliphatic carboxylic acids is 1. The van der Waals surface area contributed by atoms with Gasteiger partial charge in [0.15, 0.2) is 0 Å². The first-order valence-corrected chi connectivity index (χ1v) is 5.94. The number of urea groups is 1. The summed E-state index contributed by atoms with van der Waals surface area (Å²) in [7, 11) is 0. The quantitative estimate of drug-likeness (QED) is 0.534. The summed E-state index contributed by atoms with van der Waals surface area (Å²) in [5.41, 5.74) is 0.780. The molecule has 1 atom stereocenters. The second kappa shape index (κ2) is 8.09. The van der Waals surface area contributed by atoms with Crippen molar-refractivity contribution in [3.05, 3.63) is 18.2 Å². The summed E-state index contributed by atoms with van der Waals surface area (Å²) in [4.78, 5) is 28.7. The van der Waals surface area contributed by atoms with Gasteiger partial charge in [-0.15, -0.1) is 0 Å². The Labute approximate surface area is 110 Å². The van der Waals surface area contributed by atoms with Crippen LogP contribution in [-0.2, 0) is 16.1 Å². The second-order valence-corrected chi connectivity index (χ2v) is 3.82. The highest BCUT2D eigenvalue weighted by Crippen LogP contribution is 1.97. The zero-order chi connectivity index (χ0) is 14.1. The molecule has 2 amide bonds. The number of imidazole rings is 1. The van der Waals surface area contributed by atoms with Crippen molar-refractivity contribution >= 4 is 12.0 Å². The van der Waals surface area contributed by atoms with Crippen LogP contribution in [-0.4, -0.2) is 46.3 Å². The lowest BCUT2D eigenvalue weighted by Crippen LogP contribution is -2.40. The number of carboxylic acid groups (broad SMARTS) is 1.